The minimum absolute atomic E-state index is 0.00429. The van der Waals surface area contributed by atoms with Gasteiger partial charge in [0.1, 0.15) is 6.04 Å². The smallest absolute Gasteiger partial charge is 0.475 e. The monoisotopic (exact) mass is 511 g/mol. The normalized spacial score (nSPS) is 31.0. The van der Waals surface area contributed by atoms with Gasteiger partial charge in [0.25, 0.3) is 5.91 Å². The Kier molecular flexibility index (Phi) is 6.92. The van der Waals surface area contributed by atoms with Crippen molar-refractivity contribution in [3.63, 3.8) is 0 Å². The van der Waals surface area contributed by atoms with Crippen molar-refractivity contribution in [3.8, 4) is 6.07 Å². The summed E-state index contributed by atoms with van der Waals surface area (Å²) in [5.41, 5.74) is 6.72. The van der Waals surface area contributed by atoms with Gasteiger partial charge >= 0.3 is 12.1 Å². The lowest BCUT2D eigenvalue weighted by Crippen LogP contribution is -2.55. The molecule has 3 aliphatic heterocycles. The number of fused-ring (bicyclic) bond motifs is 3. The van der Waals surface area contributed by atoms with Crippen molar-refractivity contribution >= 4 is 17.8 Å². The van der Waals surface area contributed by atoms with Gasteiger partial charge in [0.2, 0.25) is 11.9 Å². The standard InChI is InChI=1S/C21H24FN5O2.C2HF3O2/c22-18-9-11(3-4-25-18)20(28)26-14-1-2-15(26)7-13(6-14)19(24)21(29)27-16(10-23)5-12-8-17(12)27;3-2(4,5)1(6)7/h3-4,9,12-17,19H,1-2,5-8,24H2;(H,6,7)/t12-,13?,14?,15?,16+,17+,19-;/m1./s1. The van der Waals surface area contributed by atoms with Crippen LogP contribution in [0.5, 0.6) is 0 Å². The first-order chi connectivity index (χ1) is 16.9. The number of piperidine rings is 2. The van der Waals surface area contributed by atoms with Gasteiger partial charge in [-0.3, -0.25) is 9.59 Å². The summed E-state index contributed by atoms with van der Waals surface area (Å²) in [6, 6.07) is 4.19. The van der Waals surface area contributed by atoms with Gasteiger partial charge < -0.3 is 20.6 Å². The van der Waals surface area contributed by atoms with Crippen molar-refractivity contribution in [3.05, 3.63) is 29.8 Å². The molecule has 36 heavy (non-hydrogen) atoms. The number of pyridine rings is 1. The third kappa shape index (κ3) is 5.00. The predicted octanol–water partition coefficient (Wildman–Crippen LogP) is 2.08. The van der Waals surface area contributed by atoms with Crippen LogP contribution < -0.4 is 5.73 Å². The molecule has 3 N–H and O–H groups in total. The Bertz CT molecular complexity index is 1080. The zero-order valence-electron chi connectivity index (χ0n) is 19.1. The molecule has 9 nitrogen and oxygen atoms in total. The average Bonchev–Trinajstić information content (AvgIpc) is 3.41. The number of amides is 2. The summed E-state index contributed by atoms with van der Waals surface area (Å²) in [6.07, 6.45) is 1.05. The van der Waals surface area contributed by atoms with Crippen molar-refractivity contribution in [2.24, 2.45) is 17.6 Å². The minimum Gasteiger partial charge on any atom is -0.475 e. The molecule has 4 fully saturated rings. The van der Waals surface area contributed by atoms with Gasteiger partial charge in [-0.25, -0.2) is 9.78 Å². The lowest BCUT2D eigenvalue weighted by atomic mass is 9.84. The number of alkyl halides is 3. The van der Waals surface area contributed by atoms with E-state index < -0.39 is 24.1 Å². The average molecular weight is 511 g/mol. The second-order valence-electron chi connectivity index (χ2n) is 9.71. The lowest BCUT2D eigenvalue weighted by Gasteiger charge is -2.41. The molecule has 4 heterocycles. The van der Waals surface area contributed by atoms with Crippen LogP contribution in [0, 0.1) is 29.1 Å². The second kappa shape index (κ2) is 9.65. The number of aromatic nitrogens is 1. The molecule has 2 unspecified atom stereocenters. The lowest BCUT2D eigenvalue weighted by molar-refractivity contribution is -0.192. The van der Waals surface area contributed by atoms with Gasteiger partial charge in [-0.05, 0) is 56.4 Å². The second-order valence-corrected chi connectivity index (χ2v) is 9.71. The number of likely N-dealkylation sites (tertiary alicyclic amines) is 1. The highest BCUT2D eigenvalue weighted by molar-refractivity contribution is 5.95. The number of carbonyl (C=O) groups excluding carboxylic acids is 2. The van der Waals surface area contributed by atoms with Gasteiger partial charge in [0, 0.05) is 36.0 Å². The van der Waals surface area contributed by atoms with Crippen molar-refractivity contribution in [2.75, 3.05) is 0 Å². The first kappa shape index (κ1) is 25.8. The zero-order valence-corrected chi connectivity index (χ0v) is 19.1. The van der Waals surface area contributed by atoms with E-state index in [4.69, 9.17) is 15.6 Å². The van der Waals surface area contributed by atoms with E-state index in [9.17, 15) is 32.4 Å². The van der Waals surface area contributed by atoms with Crippen LogP contribution >= 0.6 is 0 Å². The fraction of sp³-hybridized carbons (Fsp3) is 0.609. The van der Waals surface area contributed by atoms with E-state index in [1.807, 2.05) is 4.90 Å². The molecule has 0 radical (unpaired) electrons. The molecular weight excluding hydrogens is 486 g/mol. The number of carbonyl (C=O) groups is 3. The van der Waals surface area contributed by atoms with Crippen LogP contribution in [0.3, 0.4) is 0 Å². The first-order valence-electron chi connectivity index (χ1n) is 11.6. The molecule has 4 aliphatic rings. The molecule has 194 valence electrons. The first-order valence-corrected chi connectivity index (χ1v) is 11.6. The van der Waals surface area contributed by atoms with Crippen molar-refractivity contribution in [1.82, 2.24) is 14.8 Å². The molecule has 5 rings (SSSR count). The fourth-order valence-electron chi connectivity index (χ4n) is 5.79. The summed E-state index contributed by atoms with van der Waals surface area (Å²) in [5, 5.41) is 16.5. The van der Waals surface area contributed by atoms with Gasteiger partial charge in [-0.1, -0.05) is 0 Å². The number of hydrogen-bond acceptors (Lipinski definition) is 6. The minimum atomic E-state index is -5.08. The number of nitriles is 1. The number of halogens is 4. The van der Waals surface area contributed by atoms with Crippen LogP contribution in [-0.2, 0) is 9.59 Å². The summed E-state index contributed by atoms with van der Waals surface area (Å²) in [4.78, 5) is 42.0. The van der Waals surface area contributed by atoms with Gasteiger partial charge in [0.05, 0.1) is 12.1 Å². The van der Waals surface area contributed by atoms with Crippen LogP contribution in [0.15, 0.2) is 18.3 Å². The molecule has 1 aromatic rings. The zero-order chi connectivity index (χ0) is 26.4. The van der Waals surface area contributed by atoms with Crippen molar-refractivity contribution in [1.29, 1.82) is 5.26 Å². The highest BCUT2D eigenvalue weighted by atomic mass is 19.4. The molecule has 1 aliphatic carbocycles. The Morgan fingerprint density at radius 1 is 1.14 bits per heavy atom. The number of hydrogen-bond donors (Lipinski definition) is 2. The van der Waals surface area contributed by atoms with Crippen molar-refractivity contribution in [2.45, 2.75) is 74.9 Å². The number of nitrogens with two attached hydrogens (primary N) is 1. The van der Waals surface area contributed by atoms with E-state index in [0.717, 1.165) is 25.7 Å². The number of aliphatic carboxylic acids is 1. The van der Waals surface area contributed by atoms with Gasteiger partial charge in [-0.2, -0.15) is 22.8 Å². The Morgan fingerprint density at radius 3 is 2.28 bits per heavy atom. The number of nitrogens with zero attached hydrogens (tertiary/aromatic N) is 4. The molecule has 0 aromatic carbocycles. The van der Waals surface area contributed by atoms with Crippen LogP contribution in [0.2, 0.25) is 0 Å². The molecule has 13 heteroatoms. The number of carboxylic acids is 1. The van der Waals surface area contributed by atoms with Gasteiger partial charge in [0.15, 0.2) is 0 Å². The van der Waals surface area contributed by atoms with E-state index in [-0.39, 0.29) is 41.9 Å². The maximum Gasteiger partial charge on any atom is 0.490 e. The highest BCUT2D eigenvalue weighted by Crippen LogP contribution is 2.48. The Morgan fingerprint density at radius 2 is 1.75 bits per heavy atom. The summed E-state index contributed by atoms with van der Waals surface area (Å²) in [5.74, 6) is -3.25. The summed E-state index contributed by atoms with van der Waals surface area (Å²) >= 11 is 0. The third-order valence-corrected chi connectivity index (χ3v) is 7.52. The summed E-state index contributed by atoms with van der Waals surface area (Å²) < 4.78 is 45.2. The topological polar surface area (TPSA) is 141 Å². The van der Waals surface area contributed by atoms with Crippen LogP contribution in [0.25, 0.3) is 0 Å². The highest BCUT2D eigenvalue weighted by Gasteiger charge is 2.56. The van der Waals surface area contributed by atoms with Crippen molar-refractivity contribution < 1.29 is 37.1 Å². The van der Waals surface area contributed by atoms with Crippen LogP contribution in [-0.4, -0.2) is 74.1 Å². The fourth-order valence-corrected chi connectivity index (χ4v) is 5.79. The molecule has 0 spiro atoms. The maximum atomic E-state index is 13.4. The van der Waals surface area contributed by atoms with E-state index in [1.54, 1.807) is 4.90 Å². The summed E-state index contributed by atoms with van der Waals surface area (Å²) in [6.45, 7) is 0. The Hall–Kier alpha value is -3.27. The van der Waals surface area contributed by atoms with E-state index in [2.05, 4.69) is 11.1 Å². The van der Waals surface area contributed by atoms with Crippen LogP contribution in [0.4, 0.5) is 17.6 Å². The Labute approximate surface area is 203 Å². The summed E-state index contributed by atoms with van der Waals surface area (Å²) in [7, 11) is 0. The number of rotatable bonds is 3. The third-order valence-electron chi connectivity index (χ3n) is 7.52. The molecule has 2 amide bonds. The van der Waals surface area contributed by atoms with E-state index >= 15 is 0 Å². The van der Waals surface area contributed by atoms with E-state index in [0.29, 0.717) is 24.3 Å². The van der Waals surface area contributed by atoms with E-state index in [1.165, 1.54) is 18.3 Å². The molecular formula is C23H25F4N5O4. The van der Waals surface area contributed by atoms with Crippen LogP contribution in [0.1, 0.15) is 48.9 Å². The van der Waals surface area contributed by atoms with Gasteiger partial charge in [-0.15, -0.1) is 0 Å². The predicted molar refractivity (Wildman–Crippen MR) is 114 cm³/mol. The Balaban J connectivity index is 0.000000384. The largest absolute Gasteiger partial charge is 0.490 e. The molecule has 3 saturated heterocycles. The maximum absolute atomic E-state index is 13.4. The molecule has 6 atom stereocenters. The molecule has 1 saturated carbocycles. The SMILES string of the molecule is N#C[C@@H]1C[C@@H]2C[C@@H]2N1C(=O)[C@H](N)C1CC2CCC(C1)N2C(=O)c1ccnc(F)c1.O=C(O)C(F)(F)F. The molecule has 1 aromatic heterocycles. The number of carboxylic acid groups (broad SMARTS) is 1. The quantitative estimate of drug-likeness (QED) is 0.468. The molecule has 2 bridgehead atoms.